The highest BCUT2D eigenvalue weighted by Crippen LogP contribution is 2.29. The zero-order valence-corrected chi connectivity index (χ0v) is 14.5. The molecule has 1 N–H and O–H groups in total. The minimum absolute atomic E-state index is 0.0153. The van der Waals surface area contributed by atoms with Crippen LogP contribution < -0.4 is 10.9 Å². The van der Waals surface area contributed by atoms with E-state index in [2.05, 4.69) is 15.3 Å². The minimum Gasteiger partial charge on any atom is -0.422 e. The van der Waals surface area contributed by atoms with Crippen LogP contribution in [0.25, 0.3) is 33.3 Å². The summed E-state index contributed by atoms with van der Waals surface area (Å²) in [6.07, 6.45) is 0. The third kappa shape index (κ3) is 2.94. The van der Waals surface area contributed by atoms with Gasteiger partial charge < -0.3 is 9.73 Å². The number of anilines is 1. The highest BCUT2D eigenvalue weighted by Gasteiger charge is 2.18. The van der Waals surface area contributed by atoms with Crippen molar-refractivity contribution in [2.45, 2.75) is 6.92 Å². The van der Waals surface area contributed by atoms with Gasteiger partial charge in [0.1, 0.15) is 11.0 Å². The van der Waals surface area contributed by atoms with E-state index in [1.165, 1.54) is 25.1 Å². The molecule has 138 valence electrons. The number of fused-ring (bicyclic) bond motifs is 3. The van der Waals surface area contributed by atoms with Crippen molar-refractivity contribution in [3.05, 3.63) is 69.1 Å². The quantitative estimate of drug-likeness (QED) is 0.251. The molecule has 0 aliphatic rings. The lowest BCUT2D eigenvalue weighted by molar-refractivity contribution is -0.384. The van der Waals surface area contributed by atoms with Crippen molar-refractivity contribution in [2.24, 2.45) is 0 Å². The highest BCUT2D eigenvalue weighted by atomic mass is 16.6. The average molecular weight is 376 g/mol. The maximum absolute atomic E-state index is 12.5. The summed E-state index contributed by atoms with van der Waals surface area (Å²) in [5, 5.41) is 14.2. The van der Waals surface area contributed by atoms with E-state index in [0.717, 1.165) is 0 Å². The van der Waals surface area contributed by atoms with E-state index < -0.39 is 16.5 Å². The standard InChI is InChI=1S/C19H12N4O5/c1-10(24)20-18-15-16(13-7-2-3-8-14(13)28-19(15)25)21-17(22-18)11-5-4-6-12(9-11)23(26)27/h2-9H,1H3,(H,20,21,22,24). The molecule has 9 nitrogen and oxygen atoms in total. The molecule has 0 saturated heterocycles. The van der Waals surface area contributed by atoms with E-state index in [0.29, 0.717) is 16.5 Å². The predicted octanol–water partition coefficient (Wildman–Crippen LogP) is 3.27. The number of benzene rings is 2. The number of nitro groups is 1. The lowest BCUT2D eigenvalue weighted by atomic mass is 10.1. The maximum atomic E-state index is 12.5. The van der Waals surface area contributed by atoms with Crippen molar-refractivity contribution >= 4 is 39.3 Å². The number of aromatic nitrogens is 2. The molecule has 0 saturated carbocycles. The van der Waals surface area contributed by atoms with Crippen LogP contribution in [-0.2, 0) is 4.79 Å². The lowest BCUT2D eigenvalue weighted by Gasteiger charge is -2.10. The molecule has 4 aromatic rings. The van der Waals surface area contributed by atoms with Gasteiger partial charge in [-0.05, 0) is 12.1 Å². The van der Waals surface area contributed by atoms with E-state index in [-0.39, 0.29) is 28.2 Å². The molecule has 2 aromatic heterocycles. The van der Waals surface area contributed by atoms with Gasteiger partial charge in [-0.15, -0.1) is 0 Å². The second-order valence-electron chi connectivity index (χ2n) is 5.99. The normalized spacial score (nSPS) is 10.9. The number of nitro benzene ring substituents is 1. The zero-order chi connectivity index (χ0) is 19.8. The molecule has 0 aliphatic carbocycles. The molecule has 0 bridgehead atoms. The average Bonchev–Trinajstić information content (AvgIpc) is 2.67. The first-order valence-electron chi connectivity index (χ1n) is 8.20. The number of para-hydroxylation sites is 1. The van der Waals surface area contributed by atoms with Gasteiger partial charge in [0.05, 0.1) is 10.4 Å². The van der Waals surface area contributed by atoms with Crippen LogP contribution in [0.4, 0.5) is 11.5 Å². The van der Waals surface area contributed by atoms with Crippen molar-refractivity contribution in [2.75, 3.05) is 5.32 Å². The van der Waals surface area contributed by atoms with Crippen LogP contribution in [-0.4, -0.2) is 20.8 Å². The summed E-state index contributed by atoms with van der Waals surface area (Å²) in [4.78, 5) is 43.4. The summed E-state index contributed by atoms with van der Waals surface area (Å²) in [5.74, 6) is -0.313. The molecule has 4 rings (SSSR count). The molecule has 0 unspecified atom stereocenters. The van der Waals surface area contributed by atoms with Crippen LogP contribution in [0.3, 0.4) is 0 Å². The second-order valence-corrected chi connectivity index (χ2v) is 5.99. The third-order valence-electron chi connectivity index (χ3n) is 4.07. The van der Waals surface area contributed by atoms with Gasteiger partial charge in [-0.1, -0.05) is 24.3 Å². The Hall–Kier alpha value is -4.14. The highest BCUT2D eigenvalue weighted by molar-refractivity contribution is 6.08. The molecular weight excluding hydrogens is 364 g/mol. The molecule has 2 aromatic carbocycles. The summed E-state index contributed by atoms with van der Waals surface area (Å²) >= 11 is 0. The Morgan fingerprint density at radius 2 is 1.93 bits per heavy atom. The van der Waals surface area contributed by atoms with E-state index in [1.54, 1.807) is 30.3 Å². The van der Waals surface area contributed by atoms with Gasteiger partial charge in [0.2, 0.25) is 5.91 Å². The fourth-order valence-electron chi connectivity index (χ4n) is 2.90. The fraction of sp³-hybridized carbons (Fsp3) is 0.0526. The number of rotatable bonds is 3. The smallest absolute Gasteiger partial charge is 0.349 e. The van der Waals surface area contributed by atoms with Gasteiger partial charge in [0.25, 0.3) is 5.69 Å². The number of hydrogen-bond acceptors (Lipinski definition) is 7. The number of carbonyl (C=O) groups excluding carboxylic acids is 1. The Balaban J connectivity index is 2.10. The summed E-state index contributed by atoms with van der Waals surface area (Å²) in [6.45, 7) is 1.28. The fourth-order valence-corrected chi connectivity index (χ4v) is 2.90. The largest absolute Gasteiger partial charge is 0.422 e. The SMILES string of the molecule is CC(=O)Nc1nc(-c2cccc([N+](=O)[O-])c2)nc2c1c(=O)oc1ccccc12. The monoisotopic (exact) mass is 376 g/mol. The van der Waals surface area contributed by atoms with Crippen molar-refractivity contribution in [3.63, 3.8) is 0 Å². The predicted molar refractivity (Wildman–Crippen MR) is 102 cm³/mol. The number of nitrogens with zero attached hydrogens (tertiary/aromatic N) is 3. The molecular formula is C19H12N4O5. The molecule has 0 atom stereocenters. The van der Waals surface area contributed by atoms with Gasteiger partial charge >= 0.3 is 5.63 Å². The summed E-state index contributed by atoms with van der Waals surface area (Å²) in [7, 11) is 0. The van der Waals surface area contributed by atoms with Crippen molar-refractivity contribution < 1.29 is 14.1 Å². The Bertz CT molecular complexity index is 1330. The first-order valence-corrected chi connectivity index (χ1v) is 8.20. The van der Waals surface area contributed by atoms with Crippen LogP contribution in [0, 0.1) is 10.1 Å². The summed E-state index contributed by atoms with van der Waals surface area (Å²) in [6, 6.07) is 12.6. The maximum Gasteiger partial charge on any atom is 0.349 e. The van der Waals surface area contributed by atoms with Crippen molar-refractivity contribution in [1.82, 2.24) is 9.97 Å². The lowest BCUT2D eigenvalue weighted by Crippen LogP contribution is -2.13. The Morgan fingerprint density at radius 1 is 1.14 bits per heavy atom. The number of carbonyl (C=O) groups is 1. The molecule has 28 heavy (non-hydrogen) atoms. The van der Waals surface area contributed by atoms with E-state index in [4.69, 9.17) is 4.42 Å². The molecule has 0 radical (unpaired) electrons. The zero-order valence-electron chi connectivity index (χ0n) is 14.5. The first kappa shape index (κ1) is 17.3. The molecule has 0 fully saturated rings. The minimum atomic E-state index is -0.692. The number of amides is 1. The van der Waals surface area contributed by atoms with Crippen LogP contribution in [0.5, 0.6) is 0 Å². The van der Waals surface area contributed by atoms with Crippen molar-refractivity contribution in [3.8, 4) is 11.4 Å². The number of non-ortho nitro benzene ring substituents is 1. The Kier molecular flexibility index (Phi) is 4.04. The second kappa shape index (κ2) is 6.54. The van der Waals surface area contributed by atoms with Gasteiger partial charge in [0.15, 0.2) is 11.6 Å². The van der Waals surface area contributed by atoms with E-state index in [9.17, 15) is 19.7 Å². The molecule has 9 heteroatoms. The van der Waals surface area contributed by atoms with Crippen LogP contribution in [0.1, 0.15) is 6.92 Å². The van der Waals surface area contributed by atoms with Gasteiger partial charge in [-0.25, -0.2) is 14.8 Å². The van der Waals surface area contributed by atoms with Gasteiger partial charge in [-0.2, -0.15) is 0 Å². The molecule has 2 heterocycles. The van der Waals surface area contributed by atoms with E-state index in [1.807, 2.05) is 0 Å². The molecule has 0 aliphatic heterocycles. The van der Waals surface area contributed by atoms with Gasteiger partial charge in [0, 0.05) is 30.0 Å². The Morgan fingerprint density at radius 3 is 2.68 bits per heavy atom. The van der Waals surface area contributed by atoms with Crippen LogP contribution >= 0.6 is 0 Å². The van der Waals surface area contributed by atoms with Crippen LogP contribution in [0.15, 0.2) is 57.7 Å². The summed E-state index contributed by atoms with van der Waals surface area (Å²) in [5.41, 5.74) is 0.173. The summed E-state index contributed by atoms with van der Waals surface area (Å²) < 4.78 is 5.32. The van der Waals surface area contributed by atoms with Gasteiger partial charge in [-0.3, -0.25) is 14.9 Å². The Labute approximate surface area is 156 Å². The third-order valence-corrected chi connectivity index (χ3v) is 4.07. The van der Waals surface area contributed by atoms with Crippen LogP contribution in [0.2, 0.25) is 0 Å². The first-order chi connectivity index (χ1) is 13.4. The van der Waals surface area contributed by atoms with Crippen molar-refractivity contribution in [1.29, 1.82) is 0 Å². The molecule has 0 spiro atoms. The van der Waals surface area contributed by atoms with E-state index >= 15 is 0 Å². The number of hydrogen-bond donors (Lipinski definition) is 1. The topological polar surface area (TPSA) is 128 Å². The number of nitrogens with one attached hydrogen (secondary N) is 1. The molecule has 1 amide bonds.